The molecule has 1 fully saturated rings. The van der Waals surface area contributed by atoms with Gasteiger partial charge >= 0.3 is 0 Å². The van der Waals surface area contributed by atoms with E-state index in [4.69, 9.17) is 9.47 Å². The third kappa shape index (κ3) is 31.0. The van der Waals surface area contributed by atoms with Gasteiger partial charge in [0.1, 0.15) is 36.6 Å². The molecule has 0 aromatic heterocycles. The lowest BCUT2D eigenvalue weighted by Gasteiger charge is -2.40. The van der Waals surface area contributed by atoms with E-state index in [-0.39, 0.29) is 12.8 Å². The maximum Gasteiger partial charge on any atom is 0.249 e. The summed E-state index contributed by atoms with van der Waals surface area (Å²) in [7, 11) is 0. The Morgan fingerprint density at radius 3 is 1.46 bits per heavy atom. The van der Waals surface area contributed by atoms with E-state index in [1.54, 1.807) is 0 Å². The van der Waals surface area contributed by atoms with Gasteiger partial charge in [-0.25, -0.2) is 0 Å². The molecule has 9 unspecified atom stereocenters. The van der Waals surface area contributed by atoms with E-state index in [0.29, 0.717) is 12.8 Å². The van der Waals surface area contributed by atoms with Gasteiger partial charge in [-0.15, -0.1) is 0 Å². The Labute approximate surface area is 384 Å². The molecule has 0 aromatic rings. The molecule has 0 spiro atoms. The molecule has 11 heteroatoms. The number of ether oxygens (including phenoxy) is 2. The van der Waals surface area contributed by atoms with Gasteiger partial charge < -0.3 is 50.5 Å². The van der Waals surface area contributed by atoms with E-state index < -0.39 is 74.2 Å². The van der Waals surface area contributed by atoms with E-state index in [0.717, 1.165) is 64.2 Å². The lowest BCUT2D eigenvalue weighted by molar-refractivity contribution is -0.303. The molecule has 1 saturated heterocycles. The topological polar surface area (TPSA) is 189 Å². The molecule has 8 N–H and O–H groups in total. The minimum atomic E-state index is -1.67. The van der Waals surface area contributed by atoms with Crippen LogP contribution in [0.25, 0.3) is 0 Å². The summed E-state index contributed by atoms with van der Waals surface area (Å²) in [5.41, 5.74) is 0. The van der Waals surface area contributed by atoms with Gasteiger partial charge in [-0.05, 0) is 70.6 Å². The molecule has 11 nitrogen and oxygen atoms in total. The van der Waals surface area contributed by atoms with Gasteiger partial charge in [-0.2, -0.15) is 0 Å². The molecule has 1 aliphatic heterocycles. The van der Waals surface area contributed by atoms with Gasteiger partial charge in [0.05, 0.1) is 25.4 Å². The quantitative estimate of drug-likeness (QED) is 0.0216. The van der Waals surface area contributed by atoms with E-state index in [9.17, 15) is 40.5 Å². The molecule has 9 atom stereocenters. The molecule has 1 aliphatic rings. The average Bonchev–Trinajstić information content (AvgIpc) is 3.28. The fraction of sp³-hybridized carbons (Fsp3) is 0.865. The molecule has 370 valence electrons. The lowest BCUT2D eigenvalue weighted by Crippen LogP contribution is -2.60. The number of carbonyl (C=O) groups is 1. The summed E-state index contributed by atoms with van der Waals surface area (Å²) in [6, 6.07) is -1.19. The highest BCUT2D eigenvalue weighted by molar-refractivity contribution is 5.80. The van der Waals surface area contributed by atoms with Gasteiger partial charge in [0.25, 0.3) is 0 Å². The number of carbonyl (C=O) groups excluding carboxylic acids is 1. The van der Waals surface area contributed by atoms with E-state index in [1.165, 1.54) is 116 Å². The normalized spacial score (nSPS) is 21.4. The minimum absolute atomic E-state index is 0.242. The molecule has 0 radical (unpaired) electrons. The highest BCUT2D eigenvalue weighted by atomic mass is 16.7. The van der Waals surface area contributed by atoms with Gasteiger partial charge in [0.2, 0.25) is 5.91 Å². The molecule has 1 heterocycles. The first kappa shape index (κ1) is 59.3. The number of nitrogens with one attached hydrogen (secondary N) is 1. The first-order valence-corrected chi connectivity index (χ1v) is 25.9. The Kier molecular flexibility index (Phi) is 39.3. The Bertz CT molecular complexity index is 1120. The zero-order chi connectivity index (χ0) is 46.2. The molecule has 1 amide bonds. The van der Waals surface area contributed by atoms with E-state index in [2.05, 4.69) is 55.6 Å². The van der Waals surface area contributed by atoms with Crippen molar-refractivity contribution in [1.29, 1.82) is 0 Å². The Balaban J connectivity index is 2.40. The predicted octanol–water partition coefficient (Wildman–Crippen LogP) is 9.56. The minimum Gasteiger partial charge on any atom is -0.394 e. The molecule has 0 aliphatic carbocycles. The lowest BCUT2D eigenvalue weighted by atomic mass is 9.98. The number of hydrogen-bond acceptors (Lipinski definition) is 10. The SMILES string of the molecule is CCCCCCCCCCC/C=C\C/C=C\CCCCCCCCC(O)C(=O)NC(COC1OC(CO)C(O)C(O)C1O)C(O)C(O)CCC/C=C/CCCCCCCCCCC. The fourth-order valence-corrected chi connectivity index (χ4v) is 8.12. The van der Waals surface area contributed by atoms with Crippen molar-refractivity contribution in [2.45, 2.75) is 274 Å². The van der Waals surface area contributed by atoms with E-state index >= 15 is 0 Å². The zero-order valence-corrected chi connectivity index (χ0v) is 40.1. The summed E-state index contributed by atoms with van der Waals surface area (Å²) in [4.78, 5) is 13.1. The first-order valence-electron chi connectivity index (χ1n) is 25.9. The average molecular weight is 896 g/mol. The largest absolute Gasteiger partial charge is 0.394 e. The van der Waals surface area contributed by atoms with Gasteiger partial charge in [-0.3, -0.25) is 4.79 Å². The molecule has 0 bridgehead atoms. The summed E-state index contributed by atoms with van der Waals surface area (Å²) in [6.07, 6.45) is 37.6. The second kappa shape index (κ2) is 41.7. The van der Waals surface area contributed by atoms with Crippen molar-refractivity contribution < 1.29 is 50.0 Å². The van der Waals surface area contributed by atoms with Crippen LogP contribution in [0, 0.1) is 0 Å². The molecule has 1 rings (SSSR count). The Hall–Kier alpha value is -1.67. The van der Waals surface area contributed by atoms with Crippen LogP contribution in [0.3, 0.4) is 0 Å². The molecule has 0 aromatic carbocycles. The van der Waals surface area contributed by atoms with Crippen molar-refractivity contribution in [2.24, 2.45) is 0 Å². The van der Waals surface area contributed by atoms with Crippen molar-refractivity contribution in [3.8, 4) is 0 Å². The fourth-order valence-electron chi connectivity index (χ4n) is 8.12. The van der Waals surface area contributed by atoms with Crippen molar-refractivity contribution in [2.75, 3.05) is 13.2 Å². The number of rotatable bonds is 43. The van der Waals surface area contributed by atoms with Crippen LogP contribution in [0.1, 0.15) is 219 Å². The smallest absolute Gasteiger partial charge is 0.249 e. The molecular formula is C52H97NO10. The van der Waals surface area contributed by atoms with Crippen LogP contribution in [0.2, 0.25) is 0 Å². The van der Waals surface area contributed by atoms with Crippen LogP contribution in [0.5, 0.6) is 0 Å². The summed E-state index contributed by atoms with van der Waals surface area (Å²) >= 11 is 0. The standard InChI is InChI=1S/C52H97NO10/c1-3-5-7-9-11-13-15-17-19-20-21-22-23-24-25-26-28-30-32-34-36-38-40-45(56)51(61)53-43(42-62-52-50(60)49(59)48(58)46(41-54)63-52)47(57)44(55)39-37-35-33-31-29-27-18-16-14-12-10-8-6-4-2/h21-22,24-25,31,33,43-50,52,54-60H,3-20,23,26-30,32,34-42H2,1-2H3,(H,53,61)/b22-21-,25-24-,33-31+. The van der Waals surface area contributed by atoms with Crippen LogP contribution in [0.15, 0.2) is 36.5 Å². The van der Waals surface area contributed by atoms with Crippen LogP contribution in [-0.2, 0) is 14.3 Å². The highest BCUT2D eigenvalue weighted by Crippen LogP contribution is 2.23. The predicted molar refractivity (Wildman–Crippen MR) is 256 cm³/mol. The van der Waals surface area contributed by atoms with Crippen LogP contribution in [0.4, 0.5) is 0 Å². The molecular weight excluding hydrogens is 799 g/mol. The van der Waals surface area contributed by atoms with Crippen molar-refractivity contribution in [1.82, 2.24) is 5.32 Å². The van der Waals surface area contributed by atoms with Crippen molar-refractivity contribution in [3.63, 3.8) is 0 Å². The number of aliphatic hydroxyl groups is 7. The van der Waals surface area contributed by atoms with Crippen molar-refractivity contribution >= 4 is 5.91 Å². The van der Waals surface area contributed by atoms with Crippen LogP contribution in [-0.4, -0.2) is 110 Å². The number of allylic oxidation sites excluding steroid dienone is 6. The maximum atomic E-state index is 13.1. The maximum absolute atomic E-state index is 13.1. The second-order valence-corrected chi connectivity index (χ2v) is 18.2. The van der Waals surface area contributed by atoms with Gasteiger partial charge in [-0.1, -0.05) is 185 Å². The number of hydrogen-bond donors (Lipinski definition) is 8. The summed E-state index contributed by atoms with van der Waals surface area (Å²) in [5, 5.41) is 75.8. The van der Waals surface area contributed by atoms with E-state index in [1.807, 2.05) is 0 Å². The summed E-state index contributed by atoms with van der Waals surface area (Å²) in [5.74, 6) is -0.715. The number of amides is 1. The van der Waals surface area contributed by atoms with Crippen LogP contribution >= 0.6 is 0 Å². The Morgan fingerprint density at radius 1 is 0.556 bits per heavy atom. The summed E-state index contributed by atoms with van der Waals surface area (Å²) in [6.45, 7) is 3.42. The number of unbranched alkanes of at least 4 members (excludes halogenated alkanes) is 25. The van der Waals surface area contributed by atoms with Crippen molar-refractivity contribution in [3.05, 3.63) is 36.5 Å². The summed E-state index contributed by atoms with van der Waals surface area (Å²) < 4.78 is 11.1. The highest BCUT2D eigenvalue weighted by Gasteiger charge is 2.44. The molecule has 63 heavy (non-hydrogen) atoms. The van der Waals surface area contributed by atoms with Gasteiger partial charge in [0, 0.05) is 0 Å². The third-order valence-electron chi connectivity index (χ3n) is 12.4. The number of aliphatic hydroxyl groups excluding tert-OH is 7. The molecule has 0 saturated carbocycles. The van der Waals surface area contributed by atoms with Crippen LogP contribution < -0.4 is 5.32 Å². The monoisotopic (exact) mass is 896 g/mol. The third-order valence-corrected chi connectivity index (χ3v) is 12.4. The van der Waals surface area contributed by atoms with Gasteiger partial charge in [0.15, 0.2) is 6.29 Å². The Morgan fingerprint density at radius 2 is 0.984 bits per heavy atom. The second-order valence-electron chi connectivity index (χ2n) is 18.2. The first-order chi connectivity index (χ1) is 30.7. The zero-order valence-electron chi connectivity index (χ0n) is 40.1.